The first-order valence-corrected chi connectivity index (χ1v) is 6.72. The summed E-state index contributed by atoms with van der Waals surface area (Å²) >= 11 is 3.22. The molecule has 1 unspecified atom stereocenters. The number of carbonyl (C=O) groups excluding carboxylic acids is 1. The molecule has 3 nitrogen and oxygen atoms in total. The van der Waals surface area contributed by atoms with E-state index >= 15 is 0 Å². The van der Waals surface area contributed by atoms with Crippen molar-refractivity contribution < 1.29 is 13.9 Å². The van der Waals surface area contributed by atoms with Gasteiger partial charge in [-0.15, -0.1) is 0 Å². The third kappa shape index (κ3) is 3.34. The van der Waals surface area contributed by atoms with Gasteiger partial charge in [-0.05, 0) is 31.5 Å². The summed E-state index contributed by atoms with van der Waals surface area (Å²) < 4.78 is 19.5. The summed E-state index contributed by atoms with van der Waals surface area (Å²) in [6.45, 7) is 5.32. The number of methoxy groups -OCH3 is 1. The van der Waals surface area contributed by atoms with Gasteiger partial charge in [-0.3, -0.25) is 4.79 Å². The lowest BCUT2D eigenvalue weighted by Gasteiger charge is -2.41. The lowest BCUT2D eigenvalue weighted by molar-refractivity contribution is -0.142. The van der Waals surface area contributed by atoms with Crippen molar-refractivity contribution >= 4 is 21.9 Å². The first-order valence-electron chi connectivity index (χ1n) is 5.93. The molecule has 19 heavy (non-hydrogen) atoms. The van der Waals surface area contributed by atoms with Crippen LogP contribution in [0.5, 0.6) is 0 Å². The Kier molecular flexibility index (Phi) is 4.74. The van der Waals surface area contributed by atoms with Gasteiger partial charge in [0, 0.05) is 15.4 Å². The van der Waals surface area contributed by atoms with Gasteiger partial charge in [-0.1, -0.05) is 28.9 Å². The van der Waals surface area contributed by atoms with E-state index in [1.165, 1.54) is 13.2 Å². The van der Waals surface area contributed by atoms with Gasteiger partial charge in [-0.2, -0.15) is 0 Å². The highest BCUT2D eigenvalue weighted by atomic mass is 79.9. The second kappa shape index (κ2) is 5.59. The molecule has 106 valence electrons. The number of esters is 1. The van der Waals surface area contributed by atoms with E-state index in [0.717, 1.165) is 0 Å². The number of hydrogen-bond acceptors (Lipinski definition) is 3. The summed E-state index contributed by atoms with van der Waals surface area (Å²) in [5.41, 5.74) is 4.94. The molecule has 1 aromatic rings. The predicted molar refractivity (Wildman–Crippen MR) is 76.4 cm³/mol. The summed E-state index contributed by atoms with van der Waals surface area (Å²) in [4.78, 5) is 11.6. The monoisotopic (exact) mass is 331 g/mol. The van der Waals surface area contributed by atoms with E-state index in [4.69, 9.17) is 10.5 Å². The standard InChI is InChI=1S/C14H19BrFNO2/c1-13(2,17)14(3,8-12(18)19-4)10-6-5-9(15)7-11(10)16/h5-7H,8,17H2,1-4H3. The highest BCUT2D eigenvalue weighted by Gasteiger charge is 2.43. The molecule has 0 aliphatic heterocycles. The third-order valence-corrected chi connectivity index (χ3v) is 4.17. The van der Waals surface area contributed by atoms with Crippen LogP contribution in [0.4, 0.5) is 4.39 Å². The number of rotatable bonds is 4. The molecule has 1 rings (SSSR count). The molecular formula is C14H19BrFNO2. The van der Waals surface area contributed by atoms with Crippen molar-refractivity contribution in [2.45, 2.75) is 38.1 Å². The van der Waals surface area contributed by atoms with Crippen molar-refractivity contribution in [1.82, 2.24) is 0 Å². The van der Waals surface area contributed by atoms with Crippen LogP contribution in [-0.2, 0) is 14.9 Å². The van der Waals surface area contributed by atoms with Crippen molar-refractivity contribution in [2.24, 2.45) is 5.73 Å². The summed E-state index contributed by atoms with van der Waals surface area (Å²) in [6.07, 6.45) is 0.0194. The maximum atomic E-state index is 14.2. The Morgan fingerprint density at radius 1 is 1.42 bits per heavy atom. The second-order valence-electron chi connectivity index (χ2n) is 5.43. The van der Waals surface area contributed by atoms with Crippen LogP contribution < -0.4 is 5.73 Å². The molecule has 0 saturated heterocycles. The normalized spacial score (nSPS) is 14.9. The van der Waals surface area contributed by atoms with Crippen LogP contribution in [0.15, 0.2) is 22.7 Å². The van der Waals surface area contributed by atoms with Crippen molar-refractivity contribution in [1.29, 1.82) is 0 Å². The van der Waals surface area contributed by atoms with Crippen LogP contribution in [0.1, 0.15) is 32.8 Å². The van der Waals surface area contributed by atoms with E-state index in [0.29, 0.717) is 10.0 Å². The molecule has 2 N–H and O–H groups in total. The third-order valence-electron chi connectivity index (χ3n) is 3.67. The Bertz CT molecular complexity index is 485. The molecule has 1 atom stereocenters. The molecule has 0 aromatic heterocycles. The number of nitrogens with two attached hydrogens (primary N) is 1. The van der Waals surface area contributed by atoms with Gasteiger partial charge in [0.25, 0.3) is 0 Å². The number of hydrogen-bond donors (Lipinski definition) is 1. The fourth-order valence-electron chi connectivity index (χ4n) is 1.97. The Hall–Kier alpha value is -0.940. The second-order valence-corrected chi connectivity index (χ2v) is 6.35. The van der Waals surface area contributed by atoms with E-state index < -0.39 is 16.9 Å². The Balaban J connectivity index is 3.35. The number of ether oxygens (including phenoxy) is 1. The number of benzene rings is 1. The zero-order valence-corrected chi connectivity index (χ0v) is 13.2. The minimum Gasteiger partial charge on any atom is -0.469 e. The van der Waals surface area contributed by atoms with Crippen molar-refractivity contribution in [3.8, 4) is 0 Å². The van der Waals surface area contributed by atoms with Gasteiger partial charge in [0.15, 0.2) is 0 Å². The fourth-order valence-corrected chi connectivity index (χ4v) is 2.30. The lowest BCUT2D eigenvalue weighted by Crippen LogP contribution is -2.53. The minimum absolute atomic E-state index is 0.0194. The van der Waals surface area contributed by atoms with Crippen LogP contribution in [0.25, 0.3) is 0 Å². The van der Waals surface area contributed by atoms with Gasteiger partial charge in [0.1, 0.15) is 5.82 Å². The zero-order chi connectivity index (χ0) is 14.8. The van der Waals surface area contributed by atoms with E-state index in [9.17, 15) is 9.18 Å². The van der Waals surface area contributed by atoms with Gasteiger partial charge in [0.05, 0.1) is 13.5 Å². The molecule has 0 aliphatic carbocycles. The van der Waals surface area contributed by atoms with Gasteiger partial charge >= 0.3 is 5.97 Å². The van der Waals surface area contributed by atoms with Crippen molar-refractivity contribution in [3.63, 3.8) is 0 Å². The largest absolute Gasteiger partial charge is 0.469 e. The average molecular weight is 332 g/mol. The molecule has 0 heterocycles. The van der Waals surface area contributed by atoms with Crippen molar-refractivity contribution in [3.05, 3.63) is 34.1 Å². The van der Waals surface area contributed by atoms with Gasteiger partial charge in [0.2, 0.25) is 0 Å². The molecule has 1 aromatic carbocycles. The van der Waals surface area contributed by atoms with E-state index in [2.05, 4.69) is 15.9 Å². The Labute approximate surface area is 121 Å². The average Bonchev–Trinajstić information content (AvgIpc) is 2.26. The fraction of sp³-hybridized carbons (Fsp3) is 0.500. The molecule has 0 saturated carbocycles. The minimum atomic E-state index is -0.856. The van der Waals surface area contributed by atoms with E-state index in [-0.39, 0.29) is 12.2 Å². The number of halogens is 2. The SMILES string of the molecule is COC(=O)CC(C)(c1ccc(Br)cc1F)C(C)(C)N. The predicted octanol–water partition coefficient (Wildman–Crippen LogP) is 3.15. The topological polar surface area (TPSA) is 52.3 Å². The van der Waals surface area contributed by atoms with Gasteiger partial charge in [-0.25, -0.2) is 4.39 Å². The molecule has 0 fully saturated rings. The van der Waals surface area contributed by atoms with Gasteiger partial charge < -0.3 is 10.5 Å². The maximum Gasteiger partial charge on any atom is 0.306 e. The molecule has 0 radical (unpaired) electrons. The van der Waals surface area contributed by atoms with E-state index in [1.54, 1.807) is 32.9 Å². The number of carbonyl (C=O) groups is 1. The summed E-state index contributed by atoms with van der Waals surface area (Å²) in [7, 11) is 1.31. The molecule has 5 heteroatoms. The Morgan fingerprint density at radius 3 is 2.42 bits per heavy atom. The van der Waals surface area contributed by atoms with Crippen LogP contribution in [0.2, 0.25) is 0 Å². The maximum absolute atomic E-state index is 14.2. The summed E-state index contributed by atoms with van der Waals surface area (Å²) in [6, 6.07) is 4.76. The first-order chi connectivity index (χ1) is 8.61. The molecule has 0 bridgehead atoms. The summed E-state index contributed by atoms with van der Waals surface area (Å²) in [5.74, 6) is -0.803. The zero-order valence-electron chi connectivity index (χ0n) is 11.6. The van der Waals surface area contributed by atoms with Crippen LogP contribution in [0, 0.1) is 5.82 Å². The van der Waals surface area contributed by atoms with Crippen molar-refractivity contribution in [2.75, 3.05) is 7.11 Å². The van der Waals surface area contributed by atoms with E-state index in [1.807, 2.05) is 0 Å². The molecule has 0 amide bonds. The smallest absolute Gasteiger partial charge is 0.306 e. The first kappa shape index (κ1) is 16.1. The highest BCUT2D eigenvalue weighted by Crippen LogP contribution is 2.39. The van der Waals surface area contributed by atoms with Crippen LogP contribution >= 0.6 is 15.9 Å². The lowest BCUT2D eigenvalue weighted by atomic mass is 9.66. The highest BCUT2D eigenvalue weighted by molar-refractivity contribution is 9.10. The summed E-state index contributed by atoms with van der Waals surface area (Å²) in [5, 5.41) is 0. The molecule has 0 aliphatic rings. The quantitative estimate of drug-likeness (QED) is 0.862. The Morgan fingerprint density at radius 2 is 2.00 bits per heavy atom. The van der Waals surface area contributed by atoms with Crippen LogP contribution in [-0.4, -0.2) is 18.6 Å². The van der Waals surface area contributed by atoms with Crippen LogP contribution in [0.3, 0.4) is 0 Å². The molecular weight excluding hydrogens is 313 g/mol. The molecule has 0 spiro atoms.